The molecule has 0 unspecified atom stereocenters. The van der Waals surface area contributed by atoms with Crippen molar-refractivity contribution in [2.75, 3.05) is 5.32 Å². The molecule has 3 aromatic rings. The van der Waals surface area contributed by atoms with Gasteiger partial charge in [0, 0.05) is 36.1 Å². The summed E-state index contributed by atoms with van der Waals surface area (Å²) in [6, 6.07) is 9.99. The molecule has 0 radical (unpaired) electrons. The van der Waals surface area contributed by atoms with E-state index in [1.807, 2.05) is 59.2 Å². The number of fused-ring (bicyclic) bond motifs is 2. The topological polar surface area (TPSA) is 70.4 Å². The van der Waals surface area contributed by atoms with E-state index in [1.54, 1.807) is 16.9 Å². The van der Waals surface area contributed by atoms with Crippen LogP contribution in [0, 0.1) is 0 Å². The van der Waals surface area contributed by atoms with Gasteiger partial charge in [-0.3, -0.25) is 9.29 Å². The second kappa shape index (κ2) is 5.67. The van der Waals surface area contributed by atoms with Crippen molar-refractivity contribution in [3.05, 3.63) is 78.7 Å². The summed E-state index contributed by atoms with van der Waals surface area (Å²) < 4.78 is 6.89. The summed E-state index contributed by atoms with van der Waals surface area (Å²) in [6.07, 6.45) is 11.5. The van der Waals surface area contributed by atoms with E-state index in [0.717, 1.165) is 28.3 Å². The fourth-order valence-corrected chi connectivity index (χ4v) is 3.33. The van der Waals surface area contributed by atoms with Crippen LogP contribution in [0.3, 0.4) is 0 Å². The van der Waals surface area contributed by atoms with Gasteiger partial charge < -0.3 is 10.0 Å². The second-order valence-corrected chi connectivity index (χ2v) is 6.30. The van der Waals surface area contributed by atoms with E-state index < -0.39 is 0 Å². The van der Waals surface area contributed by atoms with E-state index in [1.165, 1.54) is 12.1 Å². The Kier molecular flexibility index (Phi) is 3.20. The Morgan fingerprint density at radius 1 is 1.16 bits per heavy atom. The quantitative estimate of drug-likeness (QED) is 0.706. The summed E-state index contributed by atoms with van der Waals surface area (Å²) in [4.78, 5) is 9.09. The van der Waals surface area contributed by atoms with Crippen LogP contribution in [0.4, 0.5) is 5.95 Å². The minimum atomic E-state index is 0.536. The number of hydrogen-bond donors (Lipinski definition) is 2. The zero-order chi connectivity index (χ0) is 16.6. The van der Waals surface area contributed by atoms with Crippen molar-refractivity contribution in [2.24, 2.45) is 0 Å². The molecule has 0 atom stereocenters. The summed E-state index contributed by atoms with van der Waals surface area (Å²) >= 11 is 1.53. The Morgan fingerprint density at radius 3 is 3.00 bits per heavy atom. The van der Waals surface area contributed by atoms with Gasteiger partial charge >= 0.3 is 0 Å². The normalized spacial score (nSPS) is 15.6. The van der Waals surface area contributed by atoms with Gasteiger partial charge in [0.2, 0.25) is 5.95 Å². The predicted octanol–water partition coefficient (Wildman–Crippen LogP) is 2.92. The first-order valence-electron chi connectivity index (χ1n) is 7.72. The number of nitrogens with one attached hydrogen (secondary N) is 2. The molecule has 25 heavy (non-hydrogen) atoms. The predicted molar refractivity (Wildman–Crippen MR) is 97.7 cm³/mol. The highest BCUT2D eigenvalue weighted by atomic mass is 32.2. The molecule has 2 aliphatic rings. The summed E-state index contributed by atoms with van der Waals surface area (Å²) in [5, 5.41) is 7.76. The number of anilines is 1. The van der Waals surface area contributed by atoms with Crippen molar-refractivity contribution >= 4 is 23.7 Å². The van der Waals surface area contributed by atoms with Crippen LogP contribution in [-0.4, -0.2) is 23.9 Å². The van der Waals surface area contributed by atoms with Gasteiger partial charge in [0.1, 0.15) is 5.69 Å². The molecule has 0 saturated heterocycles. The lowest BCUT2D eigenvalue weighted by atomic mass is 10.1. The molecule has 0 saturated carbocycles. The third-order valence-corrected chi connectivity index (χ3v) is 4.62. The molecule has 4 heterocycles. The van der Waals surface area contributed by atoms with Gasteiger partial charge in [-0.25, -0.2) is 4.52 Å². The minimum Gasteiger partial charge on any atom is -0.323 e. The first kappa shape index (κ1) is 14.1. The maximum Gasteiger partial charge on any atom is 0.247 e. The van der Waals surface area contributed by atoms with Crippen LogP contribution < -0.4 is 10.0 Å². The summed E-state index contributed by atoms with van der Waals surface area (Å²) in [5.74, 6) is 0.536. The van der Waals surface area contributed by atoms with Crippen molar-refractivity contribution in [3.8, 4) is 11.3 Å². The summed E-state index contributed by atoms with van der Waals surface area (Å²) in [7, 11) is 0. The van der Waals surface area contributed by atoms with Gasteiger partial charge in [0.15, 0.2) is 5.65 Å². The number of aromatic nitrogens is 4. The number of allylic oxidation sites excluding steroid dienone is 2. The molecule has 0 spiro atoms. The smallest absolute Gasteiger partial charge is 0.247 e. The highest BCUT2D eigenvalue weighted by Gasteiger charge is 2.17. The Balaban J connectivity index is 1.50. The Hall–Kier alpha value is -3.26. The lowest BCUT2D eigenvalue weighted by Gasteiger charge is -2.17. The molecule has 8 heteroatoms. The highest BCUT2D eigenvalue weighted by Crippen LogP contribution is 2.28. The number of hydrogen-bond acceptors (Lipinski definition) is 7. The third kappa shape index (κ3) is 2.52. The van der Waals surface area contributed by atoms with Gasteiger partial charge in [0.05, 0.1) is 17.8 Å². The van der Waals surface area contributed by atoms with Crippen LogP contribution in [0.15, 0.2) is 78.7 Å². The summed E-state index contributed by atoms with van der Waals surface area (Å²) in [5.41, 5.74) is 4.54. The van der Waals surface area contributed by atoms with E-state index in [9.17, 15) is 0 Å². The fraction of sp³-hybridized carbons (Fsp3) is 0. The molecule has 2 aliphatic heterocycles. The van der Waals surface area contributed by atoms with Crippen LogP contribution >= 0.6 is 12.1 Å². The van der Waals surface area contributed by atoms with Gasteiger partial charge in [-0.05, 0) is 12.2 Å². The van der Waals surface area contributed by atoms with Crippen molar-refractivity contribution < 1.29 is 0 Å². The molecular formula is C17H13N7S. The maximum atomic E-state index is 4.62. The van der Waals surface area contributed by atoms with Crippen molar-refractivity contribution in [3.63, 3.8) is 0 Å². The maximum absolute atomic E-state index is 4.62. The first-order chi connectivity index (χ1) is 12.4. The lowest BCUT2D eigenvalue weighted by molar-refractivity contribution is 0.801. The Morgan fingerprint density at radius 2 is 2.08 bits per heavy atom. The van der Waals surface area contributed by atoms with Gasteiger partial charge in [0.25, 0.3) is 0 Å². The molecule has 0 bridgehead atoms. The molecule has 1 aromatic carbocycles. The fourth-order valence-electron chi connectivity index (χ4n) is 2.71. The molecule has 2 aromatic heterocycles. The van der Waals surface area contributed by atoms with E-state index in [-0.39, 0.29) is 0 Å². The molecule has 0 aliphatic carbocycles. The van der Waals surface area contributed by atoms with Crippen LogP contribution in [-0.2, 0) is 0 Å². The molecule has 0 amide bonds. The number of rotatable bonds is 3. The van der Waals surface area contributed by atoms with Crippen LogP contribution in [0.25, 0.3) is 16.9 Å². The Labute approximate surface area is 148 Å². The zero-order valence-electron chi connectivity index (χ0n) is 13.0. The van der Waals surface area contributed by atoms with Crippen molar-refractivity contribution in [1.82, 2.24) is 28.6 Å². The molecule has 122 valence electrons. The van der Waals surface area contributed by atoms with Crippen LogP contribution in [0.5, 0.6) is 0 Å². The third-order valence-electron chi connectivity index (χ3n) is 3.86. The average molecular weight is 347 g/mol. The largest absolute Gasteiger partial charge is 0.323 e. The average Bonchev–Trinajstić information content (AvgIpc) is 3.27. The molecule has 2 N–H and O–H groups in total. The van der Waals surface area contributed by atoms with Crippen molar-refractivity contribution in [1.29, 1.82) is 0 Å². The standard InChI is InChI=1S/C17H13N7S/c1-2-4-12(5-3-1)15-16-21-17(22-23(16)9-7-18-15)20-13-6-8-24-14(10-13)11-19-25-24/h1-11,19H,(H,20,22). The van der Waals surface area contributed by atoms with E-state index in [0.29, 0.717) is 5.95 Å². The SMILES string of the molecule is C1=CN2SNC=C2C=C1Nc1nc2c(-c3ccccc3)nccn2n1. The first-order valence-corrected chi connectivity index (χ1v) is 8.50. The highest BCUT2D eigenvalue weighted by molar-refractivity contribution is 7.95. The monoisotopic (exact) mass is 347 g/mol. The van der Waals surface area contributed by atoms with Gasteiger partial charge in [-0.2, -0.15) is 4.98 Å². The second-order valence-electron chi connectivity index (χ2n) is 5.49. The Bertz CT molecular complexity index is 1040. The van der Waals surface area contributed by atoms with Crippen LogP contribution in [0.1, 0.15) is 0 Å². The van der Waals surface area contributed by atoms with Crippen molar-refractivity contribution in [2.45, 2.75) is 0 Å². The van der Waals surface area contributed by atoms with Gasteiger partial charge in [-0.15, -0.1) is 5.10 Å². The summed E-state index contributed by atoms with van der Waals surface area (Å²) in [6.45, 7) is 0. The van der Waals surface area contributed by atoms with E-state index >= 15 is 0 Å². The zero-order valence-corrected chi connectivity index (χ0v) is 13.8. The number of benzene rings is 1. The van der Waals surface area contributed by atoms with Crippen LogP contribution in [0.2, 0.25) is 0 Å². The number of nitrogens with zero attached hydrogens (tertiary/aromatic N) is 5. The lowest BCUT2D eigenvalue weighted by Crippen LogP contribution is -2.10. The van der Waals surface area contributed by atoms with E-state index in [2.05, 4.69) is 25.1 Å². The molecular weight excluding hydrogens is 334 g/mol. The molecule has 7 nitrogen and oxygen atoms in total. The minimum absolute atomic E-state index is 0.536. The van der Waals surface area contributed by atoms with E-state index in [4.69, 9.17) is 0 Å². The molecule has 0 fully saturated rings. The molecule has 5 rings (SSSR count). The van der Waals surface area contributed by atoms with Gasteiger partial charge in [-0.1, -0.05) is 30.3 Å².